The Kier molecular flexibility index (Phi) is 10.4. The molecule has 1 aromatic carbocycles. The lowest BCUT2D eigenvalue weighted by Gasteiger charge is -2.43. The smallest absolute Gasteiger partial charge is 0.226 e. The van der Waals surface area contributed by atoms with Gasteiger partial charge in [-0.05, 0) is 63.7 Å². The highest BCUT2D eigenvalue weighted by Gasteiger charge is 2.54. The van der Waals surface area contributed by atoms with Crippen molar-refractivity contribution in [1.29, 1.82) is 0 Å². The van der Waals surface area contributed by atoms with Crippen LogP contribution < -0.4 is 25.3 Å². The summed E-state index contributed by atoms with van der Waals surface area (Å²) in [6.45, 7) is 3.02. The molecule has 1 saturated heterocycles. The molecule has 1 aliphatic carbocycles. The van der Waals surface area contributed by atoms with Gasteiger partial charge < -0.3 is 40.0 Å². The van der Waals surface area contributed by atoms with Crippen molar-refractivity contribution >= 4 is 34.0 Å². The molecule has 0 bridgehead atoms. The summed E-state index contributed by atoms with van der Waals surface area (Å²) >= 11 is 0. The quantitative estimate of drug-likeness (QED) is 0.0866. The summed E-state index contributed by atoms with van der Waals surface area (Å²) < 4.78 is 13.5. The lowest BCUT2D eigenvalue weighted by atomic mass is 9.72. The van der Waals surface area contributed by atoms with Crippen LogP contribution in [0.3, 0.4) is 0 Å². The number of carbonyl (C=O) groups excluding carboxylic acids is 1. The zero-order valence-electron chi connectivity index (χ0n) is 33.2. The Morgan fingerprint density at radius 2 is 1.93 bits per heavy atom. The summed E-state index contributed by atoms with van der Waals surface area (Å²) in [5.41, 5.74) is 0.376. The maximum atomic E-state index is 13.5. The maximum absolute atomic E-state index is 13.5. The Labute approximate surface area is 340 Å². The van der Waals surface area contributed by atoms with E-state index >= 15 is 0 Å². The molecule has 59 heavy (non-hydrogen) atoms. The SMILES string of the molecule is Cc1cc(=O)c2cc3c(c([NH+]4C=C5C=CN=C5C4)c2o1)O[C@](C)(CC[C@@H]1CNC(=O)C12CCCC2)[C@H](OOC[C@H](O)[C@](O)(C[NH+]1C=CC2=NC=CC21)[C@H](O)[C@H](O)CO)C3. The van der Waals surface area contributed by atoms with E-state index in [-0.39, 0.29) is 36.3 Å². The van der Waals surface area contributed by atoms with E-state index in [1.807, 2.05) is 25.3 Å². The predicted molar refractivity (Wildman–Crippen MR) is 213 cm³/mol. The van der Waals surface area contributed by atoms with Crippen molar-refractivity contribution in [2.75, 3.05) is 32.8 Å². The minimum absolute atomic E-state index is 0.0782. The van der Waals surface area contributed by atoms with E-state index < -0.39 is 54.2 Å². The summed E-state index contributed by atoms with van der Waals surface area (Å²) in [5.74, 6) is 1.21. The Hall–Kier alpha value is -4.36. The Bertz CT molecular complexity index is 2280. The minimum atomic E-state index is -2.36. The van der Waals surface area contributed by atoms with Crippen molar-refractivity contribution in [3.8, 4) is 5.75 Å². The molecular formula is C43H53N5O11+2. The highest BCUT2D eigenvalue weighted by molar-refractivity contribution is 6.07. The number of hydrogen-bond donors (Lipinski definition) is 8. The van der Waals surface area contributed by atoms with Crippen LogP contribution in [0.15, 0.2) is 79.9 Å². The fraction of sp³-hybridized carbons (Fsp3) is 0.535. The molecule has 1 aromatic heterocycles. The molecule has 6 aliphatic heterocycles. The number of rotatable bonds is 14. The van der Waals surface area contributed by atoms with Gasteiger partial charge >= 0.3 is 0 Å². The number of carbonyl (C=O) groups is 1. The standard InChI is InChI=1S/C43H51N5O11/c1-24-15-32(50)28-16-26-17-35(59-56-22-34(52)43(55,39(53)33(51)21-49)23-47-14-8-29-31(47)7-13-44-29)41(2,11-5-27-18-46-40(54)42(27)9-3-4-10-42)58-37(26)36(38(28)57-24)48-19-25-6-12-45-30(25)20-48/h6-8,12-16,19,27,31,33-35,39,49,51-53,55H,3-5,9-11,17-18,20-23H2,1-2H3,(H,46,54)/p+2/t27-,31?,33-,34+,35-,39-,41-,43-/m1/s1. The van der Waals surface area contributed by atoms with Crippen LogP contribution in [0.5, 0.6) is 5.75 Å². The highest BCUT2D eigenvalue weighted by Crippen LogP contribution is 2.51. The van der Waals surface area contributed by atoms with E-state index in [4.69, 9.17) is 18.9 Å². The summed E-state index contributed by atoms with van der Waals surface area (Å²) in [6, 6.07) is 2.97. The fourth-order valence-corrected chi connectivity index (χ4v) is 10.4. The number of aliphatic hydroxyl groups is 5. The van der Waals surface area contributed by atoms with Crippen LogP contribution in [-0.2, 0) is 21.0 Å². The number of fused-ring (bicyclic) bond motifs is 4. The summed E-state index contributed by atoms with van der Waals surface area (Å²) in [6.07, 6.45) is 11.5. The molecule has 2 aromatic rings. The molecule has 10 atom stereocenters. The van der Waals surface area contributed by atoms with E-state index in [2.05, 4.69) is 15.3 Å². The van der Waals surface area contributed by atoms with Crippen molar-refractivity contribution in [2.24, 2.45) is 21.3 Å². The molecule has 314 valence electrons. The van der Waals surface area contributed by atoms with Gasteiger partial charge in [-0.1, -0.05) is 12.8 Å². The van der Waals surface area contributed by atoms with Crippen molar-refractivity contribution < 1.29 is 59.1 Å². The number of aliphatic hydroxyl groups excluding tert-OH is 4. The first kappa shape index (κ1) is 40.1. The van der Waals surface area contributed by atoms with E-state index in [9.17, 15) is 35.1 Å². The number of nitrogens with zero attached hydrogens (tertiary/aromatic N) is 2. The van der Waals surface area contributed by atoms with Crippen LogP contribution in [0.4, 0.5) is 5.69 Å². The molecule has 0 radical (unpaired) electrons. The third-order valence-electron chi connectivity index (χ3n) is 13.9. The van der Waals surface area contributed by atoms with E-state index in [0.717, 1.165) is 47.6 Å². The topological polar surface area (TPSA) is 222 Å². The number of quaternary nitrogens is 2. The largest absolute Gasteiger partial charge is 0.478 e. The number of nitrogens with one attached hydrogen (secondary N) is 3. The minimum Gasteiger partial charge on any atom is -0.478 e. The fourth-order valence-electron chi connectivity index (χ4n) is 10.4. The lowest BCUT2D eigenvalue weighted by Crippen LogP contribution is -3.13. The summed E-state index contributed by atoms with van der Waals surface area (Å²) in [5, 5.41) is 58.3. The van der Waals surface area contributed by atoms with Crippen LogP contribution >= 0.6 is 0 Å². The van der Waals surface area contributed by atoms with Gasteiger partial charge in [0, 0.05) is 43.1 Å². The first-order valence-electron chi connectivity index (χ1n) is 20.7. The van der Waals surface area contributed by atoms with Gasteiger partial charge in [-0.2, -0.15) is 0 Å². The number of hydrogen-bond acceptors (Lipinski definition) is 13. The van der Waals surface area contributed by atoms with E-state index in [1.54, 1.807) is 37.7 Å². The van der Waals surface area contributed by atoms with Gasteiger partial charge in [-0.3, -0.25) is 29.4 Å². The van der Waals surface area contributed by atoms with E-state index in [0.29, 0.717) is 64.6 Å². The molecular weight excluding hydrogens is 762 g/mol. The van der Waals surface area contributed by atoms with E-state index in [1.165, 1.54) is 6.07 Å². The Morgan fingerprint density at radius 1 is 1.12 bits per heavy atom. The van der Waals surface area contributed by atoms with Crippen LogP contribution in [0.25, 0.3) is 11.0 Å². The highest BCUT2D eigenvalue weighted by atomic mass is 17.2. The van der Waals surface area contributed by atoms with Gasteiger partial charge in [-0.15, -0.1) is 0 Å². The second-order valence-corrected chi connectivity index (χ2v) is 17.5. The number of aryl methyl sites for hydroxylation is 1. The number of ether oxygens (including phenoxy) is 1. The van der Waals surface area contributed by atoms with Gasteiger partial charge in [-0.25, -0.2) is 9.78 Å². The first-order chi connectivity index (χ1) is 28.3. The van der Waals surface area contributed by atoms with Crippen LogP contribution in [-0.4, -0.2) is 117 Å². The summed E-state index contributed by atoms with van der Waals surface area (Å²) in [4.78, 5) is 49.2. The molecule has 7 aliphatic rings. The predicted octanol–water partition coefficient (Wildman–Crippen LogP) is -0.864. The van der Waals surface area contributed by atoms with Crippen LogP contribution in [0.1, 0.15) is 56.8 Å². The Balaban J connectivity index is 1.03. The first-order valence-corrected chi connectivity index (χ1v) is 20.7. The number of aliphatic imine (C=N–C) groups is 2. The zero-order valence-corrected chi connectivity index (χ0v) is 33.2. The van der Waals surface area contributed by atoms with Gasteiger partial charge in [0.15, 0.2) is 22.8 Å². The van der Waals surface area contributed by atoms with Crippen LogP contribution in [0, 0.1) is 18.3 Å². The molecule has 3 unspecified atom stereocenters. The number of amides is 1. The van der Waals surface area contributed by atoms with Crippen LogP contribution in [0.2, 0.25) is 0 Å². The second-order valence-electron chi connectivity index (χ2n) is 17.5. The molecule has 1 saturated carbocycles. The van der Waals surface area contributed by atoms with Gasteiger partial charge in [0.25, 0.3) is 0 Å². The number of benzene rings is 1. The van der Waals surface area contributed by atoms with Gasteiger partial charge in [0.1, 0.15) is 73.1 Å². The molecule has 7 heterocycles. The number of allylic oxidation sites excluding steroid dienone is 1. The van der Waals surface area contributed by atoms with Gasteiger partial charge in [0.2, 0.25) is 17.2 Å². The lowest BCUT2D eigenvalue weighted by molar-refractivity contribution is -0.861. The second kappa shape index (κ2) is 15.3. The third kappa shape index (κ3) is 6.84. The molecule has 1 spiro atoms. The monoisotopic (exact) mass is 815 g/mol. The Morgan fingerprint density at radius 3 is 2.71 bits per heavy atom. The van der Waals surface area contributed by atoms with Gasteiger partial charge in [0.05, 0.1) is 29.2 Å². The molecule has 16 heteroatoms. The summed E-state index contributed by atoms with van der Waals surface area (Å²) in [7, 11) is 0. The average Bonchev–Trinajstić information content (AvgIpc) is 4.07. The molecule has 8 N–H and O–H groups in total. The third-order valence-corrected chi connectivity index (χ3v) is 13.9. The molecule has 1 amide bonds. The van der Waals surface area contributed by atoms with Crippen molar-refractivity contribution in [3.63, 3.8) is 0 Å². The molecule has 9 rings (SSSR count). The van der Waals surface area contributed by atoms with Crippen molar-refractivity contribution in [1.82, 2.24) is 5.32 Å². The average molecular weight is 816 g/mol. The zero-order chi connectivity index (χ0) is 41.3. The normalized spacial score (nSPS) is 31.1. The molecule has 2 fully saturated rings. The molecule has 16 nitrogen and oxygen atoms in total. The van der Waals surface area contributed by atoms with Crippen molar-refractivity contribution in [2.45, 2.75) is 100 Å². The van der Waals surface area contributed by atoms with Crippen molar-refractivity contribution in [3.05, 3.63) is 82.3 Å². The maximum Gasteiger partial charge on any atom is 0.226 e.